The first-order valence-electron chi connectivity index (χ1n) is 8.20. The number of hydrogen-bond acceptors (Lipinski definition) is 4. The Balaban J connectivity index is 0.000000277. The van der Waals surface area contributed by atoms with Crippen molar-refractivity contribution in [1.82, 2.24) is 5.32 Å². The molecule has 1 aromatic carbocycles. The molecule has 1 spiro atoms. The minimum atomic E-state index is -5.08. The number of carboxylic acid groups (broad SMARTS) is 1. The summed E-state index contributed by atoms with van der Waals surface area (Å²) in [7, 11) is 0. The number of nitrogens with zero attached hydrogens (tertiary/aromatic N) is 1. The average molecular weight is 360 g/mol. The monoisotopic (exact) mass is 360 g/mol. The lowest BCUT2D eigenvalue weighted by Gasteiger charge is -2.49. The Hall–Kier alpha value is -1.80. The number of ether oxygens (including phenoxy) is 1. The van der Waals surface area contributed by atoms with Crippen molar-refractivity contribution in [2.75, 3.05) is 31.1 Å². The van der Waals surface area contributed by atoms with Crippen LogP contribution in [-0.2, 0) is 9.53 Å². The van der Waals surface area contributed by atoms with Gasteiger partial charge in [-0.25, -0.2) is 4.79 Å². The van der Waals surface area contributed by atoms with Crippen molar-refractivity contribution in [2.45, 2.75) is 37.6 Å². The number of halogens is 3. The molecule has 0 bridgehead atoms. The third-order valence-electron chi connectivity index (χ3n) is 4.47. The van der Waals surface area contributed by atoms with Gasteiger partial charge in [-0.05, 0) is 45.0 Å². The van der Waals surface area contributed by atoms with Crippen LogP contribution >= 0.6 is 0 Å². The first-order valence-corrected chi connectivity index (χ1v) is 8.20. The van der Waals surface area contributed by atoms with Crippen LogP contribution in [0.4, 0.5) is 18.9 Å². The Kier molecular flexibility index (Phi) is 6.29. The van der Waals surface area contributed by atoms with Crippen LogP contribution in [0.2, 0.25) is 0 Å². The van der Waals surface area contributed by atoms with Crippen molar-refractivity contribution < 1.29 is 27.8 Å². The summed E-state index contributed by atoms with van der Waals surface area (Å²) < 4.78 is 37.9. The number of benzene rings is 1. The largest absolute Gasteiger partial charge is 0.490 e. The van der Waals surface area contributed by atoms with Gasteiger partial charge in [-0.3, -0.25) is 0 Å². The van der Waals surface area contributed by atoms with Crippen LogP contribution in [0.1, 0.15) is 19.8 Å². The van der Waals surface area contributed by atoms with Crippen LogP contribution in [0.25, 0.3) is 0 Å². The number of nitrogens with one attached hydrogen (secondary N) is 1. The molecule has 0 aliphatic carbocycles. The van der Waals surface area contributed by atoms with Crippen molar-refractivity contribution in [3.8, 4) is 0 Å². The number of anilines is 1. The van der Waals surface area contributed by atoms with Crippen LogP contribution in [0.3, 0.4) is 0 Å². The van der Waals surface area contributed by atoms with Crippen molar-refractivity contribution >= 4 is 11.7 Å². The Bertz CT molecular complexity index is 560. The summed E-state index contributed by atoms with van der Waals surface area (Å²) in [6.45, 7) is 6.28. The van der Waals surface area contributed by atoms with Gasteiger partial charge in [0.2, 0.25) is 0 Å². The number of rotatable bonds is 1. The van der Waals surface area contributed by atoms with Crippen molar-refractivity contribution in [2.24, 2.45) is 0 Å². The Morgan fingerprint density at radius 1 is 1.28 bits per heavy atom. The standard InChI is InChI=1S/C15H22N2O.C2HF3O2/c1-13-11-18-15(7-9-16-10-8-15)12-17(13)14-5-3-2-4-6-14;3-2(4,5)1(6)7/h2-6,13,16H,7-12H2,1H3;(H,6,7). The molecule has 25 heavy (non-hydrogen) atoms. The molecule has 0 saturated carbocycles. The molecule has 0 radical (unpaired) electrons. The van der Waals surface area contributed by atoms with E-state index in [4.69, 9.17) is 14.6 Å². The third kappa shape index (κ3) is 5.34. The van der Waals surface area contributed by atoms with Crippen molar-refractivity contribution in [3.63, 3.8) is 0 Å². The average Bonchev–Trinajstić information content (AvgIpc) is 2.59. The van der Waals surface area contributed by atoms with E-state index >= 15 is 0 Å². The minimum Gasteiger partial charge on any atom is -0.475 e. The summed E-state index contributed by atoms with van der Waals surface area (Å²) in [5, 5.41) is 10.5. The second-order valence-electron chi connectivity index (χ2n) is 6.36. The first-order chi connectivity index (χ1) is 11.7. The molecule has 2 N–H and O–H groups in total. The van der Waals surface area contributed by atoms with Gasteiger partial charge >= 0.3 is 12.1 Å². The van der Waals surface area contributed by atoms with Gasteiger partial charge < -0.3 is 20.1 Å². The molecule has 140 valence electrons. The fourth-order valence-corrected chi connectivity index (χ4v) is 3.05. The zero-order valence-corrected chi connectivity index (χ0v) is 14.1. The quantitative estimate of drug-likeness (QED) is 0.806. The number of para-hydroxylation sites is 1. The molecule has 2 aliphatic rings. The summed E-state index contributed by atoms with van der Waals surface area (Å²) in [4.78, 5) is 11.4. The van der Waals surface area contributed by atoms with Gasteiger partial charge in [0.05, 0.1) is 12.2 Å². The van der Waals surface area contributed by atoms with E-state index in [0.29, 0.717) is 6.04 Å². The summed E-state index contributed by atoms with van der Waals surface area (Å²) in [5.41, 5.74) is 1.40. The van der Waals surface area contributed by atoms with Crippen molar-refractivity contribution in [3.05, 3.63) is 30.3 Å². The molecular formula is C17H23F3N2O3. The van der Waals surface area contributed by atoms with Crippen LogP contribution < -0.4 is 10.2 Å². The molecule has 1 atom stereocenters. The fourth-order valence-electron chi connectivity index (χ4n) is 3.05. The second kappa shape index (κ2) is 8.05. The zero-order chi connectivity index (χ0) is 18.5. The van der Waals surface area contributed by atoms with E-state index in [0.717, 1.165) is 39.1 Å². The van der Waals surface area contributed by atoms with Gasteiger partial charge in [0, 0.05) is 18.3 Å². The fraction of sp³-hybridized carbons (Fsp3) is 0.588. The topological polar surface area (TPSA) is 61.8 Å². The Morgan fingerprint density at radius 3 is 2.36 bits per heavy atom. The maximum Gasteiger partial charge on any atom is 0.490 e. The molecule has 8 heteroatoms. The number of piperidine rings is 1. The number of carboxylic acids is 1. The highest BCUT2D eigenvalue weighted by atomic mass is 19.4. The smallest absolute Gasteiger partial charge is 0.475 e. The predicted molar refractivity (Wildman–Crippen MR) is 87.7 cm³/mol. The minimum absolute atomic E-state index is 0.0770. The maximum absolute atomic E-state index is 10.6. The number of aliphatic carboxylic acids is 1. The summed E-state index contributed by atoms with van der Waals surface area (Å²) in [6.07, 6.45) is -2.83. The highest BCUT2D eigenvalue weighted by Crippen LogP contribution is 2.32. The van der Waals surface area contributed by atoms with E-state index in [2.05, 4.69) is 47.5 Å². The number of alkyl halides is 3. The molecular weight excluding hydrogens is 337 g/mol. The molecule has 1 aromatic rings. The normalized spacial score (nSPS) is 22.9. The molecule has 2 saturated heterocycles. The third-order valence-corrected chi connectivity index (χ3v) is 4.47. The van der Waals surface area contributed by atoms with Gasteiger partial charge in [0.25, 0.3) is 0 Å². The molecule has 5 nitrogen and oxygen atoms in total. The van der Waals surface area contributed by atoms with Gasteiger partial charge in [-0.1, -0.05) is 18.2 Å². The second-order valence-corrected chi connectivity index (χ2v) is 6.36. The van der Waals surface area contributed by atoms with Gasteiger partial charge in [0.15, 0.2) is 0 Å². The van der Waals surface area contributed by atoms with Gasteiger partial charge in [0.1, 0.15) is 0 Å². The van der Waals surface area contributed by atoms with Crippen molar-refractivity contribution in [1.29, 1.82) is 0 Å². The number of carbonyl (C=O) groups is 1. The van der Waals surface area contributed by atoms with Crippen LogP contribution in [-0.4, -0.2) is 55.1 Å². The SMILES string of the molecule is CC1COC2(CCNCC2)CN1c1ccccc1.O=C(O)C(F)(F)F. The summed E-state index contributed by atoms with van der Waals surface area (Å²) in [6, 6.07) is 11.2. The van der Waals surface area contributed by atoms with E-state index < -0.39 is 12.1 Å². The van der Waals surface area contributed by atoms with E-state index in [1.54, 1.807) is 0 Å². The lowest BCUT2D eigenvalue weighted by molar-refractivity contribution is -0.192. The highest BCUT2D eigenvalue weighted by Gasteiger charge is 2.40. The molecule has 2 fully saturated rings. The zero-order valence-electron chi connectivity index (χ0n) is 14.1. The van der Waals surface area contributed by atoms with Crippen LogP contribution in [0.15, 0.2) is 30.3 Å². The lowest BCUT2D eigenvalue weighted by Crippen LogP contribution is -2.59. The molecule has 0 amide bonds. The Labute approximate surface area is 144 Å². The summed E-state index contributed by atoms with van der Waals surface area (Å²) in [5.74, 6) is -2.76. The van der Waals surface area contributed by atoms with Gasteiger partial charge in [-0.2, -0.15) is 13.2 Å². The molecule has 0 aromatic heterocycles. The van der Waals surface area contributed by atoms with E-state index in [-0.39, 0.29) is 5.60 Å². The molecule has 1 unspecified atom stereocenters. The van der Waals surface area contributed by atoms with E-state index in [9.17, 15) is 13.2 Å². The van der Waals surface area contributed by atoms with E-state index in [1.807, 2.05) is 0 Å². The predicted octanol–water partition coefficient (Wildman–Crippen LogP) is 2.67. The van der Waals surface area contributed by atoms with Gasteiger partial charge in [-0.15, -0.1) is 0 Å². The molecule has 2 heterocycles. The van der Waals surface area contributed by atoms with E-state index in [1.165, 1.54) is 5.69 Å². The summed E-state index contributed by atoms with van der Waals surface area (Å²) >= 11 is 0. The molecule has 3 rings (SSSR count). The first kappa shape index (κ1) is 19.5. The number of morpholine rings is 1. The molecule has 2 aliphatic heterocycles. The number of hydrogen-bond donors (Lipinski definition) is 2. The lowest BCUT2D eigenvalue weighted by atomic mass is 9.89. The maximum atomic E-state index is 10.6. The Morgan fingerprint density at radius 2 is 1.84 bits per heavy atom. The van der Waals surface area contributed by atoms with Crippen LogP contribution in [0.5, 0.6) is 0 Å². The van der Waals surface area contributed by atoms with Crippen LogP contribution in [0, 0.1) is 0 Å². The highest BCUT2D eigenvalue weighted by molar-refractivity contribution is 5.73.